The monoisotopic (exact) mass is 380 g/mol. The first-order chi connectivity index (χ1) is 12.5. The van der Waals surface area contributed by atoms with Gasteiger partial charge in [-0.2, -0.15) is 5.10 Å². The number of H-pyrrole nitrogens is 1. The normalized spacial score (nSPS) is 24.6. The highest BCUT2D eigenvalue weighted by atomic mass is 32.2. The number of likely N-dealkylation sites (tertiary alicyclic amines) is 1. The number of sulfonamides is 1. The van der Waals surface area contributed by atoms with Gasteiger partial charge in [-0.25, -0.2) is 13.1 Å². The third-order valence-corrected chi connectivity index (χ3v) is 7.97. The van der Waals surface area contributed by atoms with Crippen molar-refractivity contribution in [3.63, 3.8) is 0 Å². The molecule has 2 N–H and O–H groups in total. The number of hydrogen-bond donors (Lipinski definition) is 2. The second-order valence-electron chi connectivity index (χ2n) is 7.90. The number of carbonyl (C=O) groups excluding carboxylic acids is 1. The zero-order valence-corrected chi connectivity index (χ0v) is 16.0. The third-order valence-electron chi connectivity index (χ3n) is 6.05. The van der Waals surface area contributed by atoms with E-state index in [1.165, 1.54) is 0 Å². The molecule has 2 fully saturated rings. The van der Waals surface area contributed by atoms with E-state index in [4.69, 9.17) is 0 Å². The molecule has 1 saturated carbocycles. The predicted octanol–water partition coefficient (Wildman–Crippen LogP) is 1.76. The van der Waals surface area contributed by atoms with Crippen molar-refractivity contribution in [2.45, 2.75) is 75.5 Å². The molecule has 0 aromatic carbocycles. The van der Waals surface area contributed by atoms with Gasteiger partial charge in [-0.1, -0.05) is 12.8 Å². The average molecular weight is 381 g/mol. The van der Waals surface area contributed by atoms with Crippen molar-refractivity contribution in [1.29, 1.82) is 0 Å². The molecule has 1 saturated heterocycles. The van der Waals surface area contributed by atoms with Gasteiger partial charge in [0.05, 0.1) is 5.25 Å². The Hall–Kier alpha value is -1.41. The van der Waals surface area contributed by atoms with Crippen LogP contribution in [0.5, 0.6) is 0 Å². The molecule has 1 amide bonds. The average Bonchev–Trinajstić information content (AvgIpc) is 3.30. The fourth-order valence-electron chi connectivity index (χ4n) is 4.56. The standard InChI is InChI=1S/C18H28N4O3S/c23-18(17-15-9-3-4-10-16(15)19-20-17)22-11-5-8-14(12-22)26(24,25)21-13-6-1-2-7-13/h13-14,21H,1-12H2,(H,19,20)/t14-/m0/s1. The minimum absolute atomic E-state index is 0.0736. The summed E-state index contributed by atoms with van der Waals surface area (Å²) in [6.45, 7) is 0.873. The first kappa shape index (κ1) is 18.0. The van der Waals surface area contributed by atoms with E-state index in [1.54, 1.807) is 4.90 Å². The second-order valence-corrected chi connectivity index (χ2v) is 9.89. The van der Waals surface area contributed by atoms with Crippen LogP contribution in [0.2, 0.25) is 0 Å². The van der Waals surface area contributed by atoms with E-state index in [0.717, 1.165) is 62.6 Å². The minimum Gasteiger partial charge on any atom is -0.336 e. The molecule has 0 unspecified atom stereocenters. The van der Waals surface area contributed by atoms with E-state index >= 15 is 0 Å². The van der Waals surface area contributed by atoms with Crippen LogP contribution in [0.25, 0.3) is 0 Å². The summed E-state index contributed by atoms with van der Waals surface area (Å²) in [5.74, 6) is -0.120. The van der Waals surface area contributed by atoms with E-state index < -0.39 is 15.3 Å². The number of aromatic nitrogens is 2. The van der Waals surface area contributed by atoms with Crippen LogP contribution < -0.4 is 4.72 Å². The molecule has 0 spiro atoms. The van der Waals surface area contributed by atoms with E-state index in [2.05, 4.69) is 14.9 Å². The van der Waals surface area contributed by atoms with E-state index in [9.17, 15) is 13.2 Å². The number of amides is 1. The first-order valence-corrected chi connectivity index (χ1v) is 11.5. The summed E-state index contributed by atoms with van der Waals surface area (Å²) in [4.78, 5) is 14.7. The Kier molecular flexibility index (Phi) is 5.05. The van der Waals surface area contributed by atoms with Crippen molar-refractivity contribution in [3.05, 3.63) is 17.0 Å². The van der Waals surface area contributed by atoms with Gasteiger partial charge in [-0.05, 0) is 51.4 Å². The van der Waals surface area contributed by atoms with Crippen LogP contribution in [0.4, 0.5) is 0 Å². The Morgan fingerprint density at radius 2 is 1.85 bits per heavy atom. The van der Waals surface area contributed by atoms with E-state index in [1.807, 2.05) is 0 Å². The smallest absolute Gasteiger partial charge is 0.274 e. The van der Waals surface area contributed by atoms with Crippen molar-refractivity contribution in [1.82, 2.24) is 19.8 Å². The Balaban J connectivity index is 1.46. The van der Waals surface area contributed by atoms with Crippen molar-refractivity contribution in [2.24, 2.45) is 0 Å². The molecular formula is C18H28N4O3S. The molecule has 1 aromatic heterocycles. The maximum atomic E-state index is 13.0. The lowest BCUT2D eigenvalue weighted by Crippen LogP contribution is -2.50. The molecule has 7 nitrogen and oxygen atoms in total. The molecule has 3 aliphatic rings. The number of aromatic amines is 1. The first-order valence-electron chi connectivity index (χ1n) is 9.91. The van der Waals surface area contributed by atoms with Crippen LogP contribution in [-0.2, 0) is 22.9 Å². The molecule has 144 valence electrons. The van der Waals surface area contributed by atoms with Gasteiger partial charge in [0.15, 0.2) is 5.69 Å². The van der Waals surface area contributed by atoms with Gasteiger partial charge >= 0.3 is 0 Å². The van der Waals surface area contributed by atoms with Crippen molar-refractivity contribution in [3.8, 4) is 0 Å². The lowest BCUT2D eigenvalue weighted by atomic mass is 9.95. The number of carbonyl (C=O) groups is 1. The van der Waals surface area contributed by atoms with Crippen LogP contribution in [0, 0.1) is 0 Å². The van der Waals surface area contributed by atoms with Crippen LogP contribution in [0.3, 0.4) is 0 Å². The van der Waals surface area contributed by atoms with Gasteiger partial charge in [0.25, 0.3) is 5.91 Å². The molecule has 0 radical (unpaired) electrons. The molecule has 8 heteroatoms. The molecular weight excluding hydrogens is 352 g/mol. The fourth-order valence-corrected chi connectivity index (χ4v) is 6.30. The molecule has 1 atom stereocenters. The quantitative estimate of drug-likeness (QED) is 0.832. The lowest BCUT2D eigenvalue weighted by Gasteiger charge is -2.33. The summed E-state index contributed by atoms with van der Waals surface area (Å²) in [7, 11) is -3.39. The zero-order valence-electron chi connectivity index (χ0n) is 15.2. The van der Waals surface area contributed by atoms with Gasteiger partial charge in [0.1, 0.15) is 0 Å². The predicted molar refractivity (Wildman–Crippen MR) is 98.5 cm³/mol. The zero-order chi connectivity index (χ0) is 18.1. The number of fused-ring (bicyclic) bond motifs is 1. The van der Waals surface area contributed by atoms with Crippen molar-refractivity contribution < 1.29 is 13.2 Å². The summed E-state index contributed by atoms with van der Waals surface area (Å²) in [6, 6.07) is 0.0736. The summed E-state index contributed by atoms with van der Waals surface area (Å²) in [6.07, 6.45) is 9.39. The van der Waals surface area contributed by atoms with Crippen molar-refractivity contribution in [2.75, 3.05) is 13.1 Å². The highest BCUT2D eigenvalue weighted by Gasteiger charge is 2.36. The Bertz CT molecular complexity index is 767. The SMILES string of the molecule is O=C(c1n[nH]c2c1CCCC2)N1CCC[C@H](S(=O)(=O)NC2CCCC2)C1. The van der Waals surface area contributed by atoms with Gasteiger partial charge in [0.2, 0.25) is 10.0 Å². The fraction of sp³-hybridized carbons (Fsp3) is 0.778. The Labute approximate surface area is 155 Å². The minimum atomic E-state index is -3.39. The highest BCUT2D eigenvalue weighted by molar-refractivity contribution is 7.90. The van der Waals surface area contributed by atoms with Crippen LogP contribution >= 0.6 is 0 Å². The van der Waals surface area contributed by atoms with E-state index in [-0.39, 0.29) is 18.5 Å². The number of aryl methyl sites for hydroxylation is 1. The molecule has 1 aromatic rings. The van der Waals surface area contributed by atoms with Crippen molar-refractivity contribution >= 4 is 15.9 Å². The molecule has 4 rings (SSSR count). The summed E-state index contributed by atoms with van der Waals surface area (Å²) >= 11 is 0. The Morgan fingerprint density at radius 1 is 1.08 bits per heavy atom. The number of rotatable bonds is 4. The summed E-state index contributed by atoms with van der Waals surface area (Å²) in [5, 5.41) is 6.75. The van der Waals surface area contributed by atoms with Crippen LogP contribution in [0.15, 0.2) is 0 Å². The lowest BCUT2D eigenvalue weighted by molar-refractivity contribution is 0.0719. The Morgan fingerprint density at radius 3 is 2.65 bits per heavy atom. The highest BCUT2D eigenvalue weighted by Crippen LogP contribution is 2.26. The number of nitrogens with zero attached hydrogens (tertiary/aromatic N) is 2. The number of nitrogens with one attached hydrogen (secondary N) is 2. The molecule has 2 heterocycles. The van der Waals surface area contributed by atoms with Gasteiger partial charge in [0, 0.05) is 30.4 Å². The van der Waals surface area contributed by atoms with E-state index in [0.29, 0.717) is 25.1 Å². The van der Waals surface area contributed by atoms with Crippen LogP contribution in [-0.4, -0.2) is 53.8 Å². The molecule has 0 bridgehead atoms. The van der Waals surface area contributed by atoms with Gasteiger partial charge in [-0.15, -0.1) is 0 Å². The maximum Gasteiger partial charge on any atom is 0.274 e. The third kappa shape index (κ3) is 3.53. The van der Waals surface area contributed by atoms with Crippen LogP contribution in [0.1, 0.15) is 73.1 Å². The molecule has 1 aliphatic heterocycles. The summed E-state index contributed by atoms with van der Waals surface area (Å²) in [5.41, 5.74) is 2.61. The molecule has 26 heavy (non-hydrogen) atoms. The maximum absolute atomic E-state index is 13.0. The van der Waals surface area contributed by atoms with Gasteiger partial charge in [-0.3, -0.25) is 9.89 Å². The topological polar surface area (TPSA) is 95.2 Å². The van der Waals surface area contributed by atoms with Gasteiger partial charge < -0.3 is 4.90 Å². The second kappa shape index (κ2) is 7.31. The number of hydrogen-bond acceptors (Lipinski definition) is 4. The largest absolute Gasteiger partial charge is 0.336 e. The summed E-state index contributed by atoms with van der Waals surface area (Å²) < 4.78 is 28.4. The number of piperidine rings is 1. The molecule has 2 aliphatic carbocycles.